The van der Waals surface area contributed by atoms with Crippen molar-refractivity contribution in [2.45, 2.75) is 63.2 Å². The Kier molecular flexibility index (Phi) is 6.55. The fourth-order valence-electron chi connectivity index (χ4n) is 4.10. The molecule has 2 aliphatic carbocycles. The highest BCUT2D eigenvalue weighted by Crippen LogP contribution is 2.48. The second-order valence-corrected chi connectivity index (χ2v) is 8.17. The highest BCUT2D eigenvalue weighted by Gasteiger charge is 2.63. The monoisotopic (exact) mass is 408 g/mol. The minimum atomic E-state index is -4.36. The third kappa shape index (κ3) is 4.59. The number of allylic oxidation sites excluding steroid dienone is 4. The van der Waals surface area contributed by atoms with E-state index in [0.717, 1.165) is 23.6 Å². The van der Waals surface area contributed by atoms with E-state index in [0.29, 0.717) is 5.92 Å². The van der Waals surface area contributed by atoms with Crippen LogP contribution >= 0.6 is 0 Å². The van der Waals surface area contributed by atoms with E-state index < -0.39 is 23.2 Å². The summed E-state index contributed by atoms with van der Waals surface area (Å²) < 4.78 is 62.0. The molecule has 0 heterocycles. The molecule has 5 heteroatoms. The third-order valence-corrected chi connectivity index (χ3v) is 6.05. The fraction of sp³-hybridized carbons (Fsp3) is 0.500. The number of rotatable bonds is 7. The number of hydrogen-bond acceptors (Lipinski definition) is 1. The smallest absolute Gasteiger partial charge is 0.369 e. The third-order valence-electron chi connectivity index (χ3n) is 6.05. The van der Waals surface area contributed by atoms with Crippen LogP contribution in [0.1, 0.15) is 56.1 Å². The molecule has 3 rings (SSSR count). The minimum Gasteiger partial charge on any atom is -0.487 e. The summed E-state index contributed by atoms with van der Waals surface area (Å²) in [6, 6.07) is 7.97. The zero-order chi connectivity index (χ0) is 21.1. The summed E-state index contributed by atoms with van der Waals surface area (Å²) in [4.78, 5) is 0. The number of aryl methyl sites for hydroxylation is 1. The van der Waals surface area contributed by atoms with Crippen LogP contribution in [0.15, 0.2) is 60.4 Å². The Morgan fingerprint density at radius 3 is 2.24 bits per heavy atom. The summed E-state index contributed by atoms with van der Waals surface area (Å²) in [5.74, 6) is -8.30. The highest BCUT2D eigenvalue weighted by atomic mass is 19.3. The summed E-state index contributed by atoms with van der Waals surface area (Å²) in [7, 11) is 0. The maximum atomic E-state index is 14.4. The van der Waals surface area contributed by atoms with Gasteiger partial charge in [-0.25, -0.2) is 0 Å². The molecule has 29 heavy (non-hydrogen) atoms. The Bertz CT molecular complexity index is 769. The summed E-state index contributed by atoms with van der Waals surface area (Å²) in [6.45, 7) is 5.38. The van der Waals surface area contributed by atoms with Gasteiger partial charge in [-0.1, -0.05) is 62.8 Å². The molecule has 0 spiro atoms. The molecule has 1 nitrogen and oxygen atoms in total. The van der Waals surface area contributed by atoms with Gasteiger partial charge in [0.25, 0.3) is 0 Å². The maximum Gasteiger partial charge on any atom is 0.369 e. The first-order valence-corrected chi connectivity index (χ1v) is 10.3. The van der Waals surface area contributed by atoms with Gasteiger partial charge < -0.3 is 4.74 Å². The van der Waals surface area contributed by atoms with Gasteiger partial charge in [0.05, 0.1) is 0 Å². The second kappa shape index (κ2) is 8.76. The Hall–Kier alpha value is -2.04. The molecule has 0 aliphatic heterocycles. The molecule has 2 aliphatic rings. The first-order chi connectivity index (χ1) is 13.8. The van der Waals surface area contributed by atoms with E-state index in [1.165, 1.54) is 37.3 Å². The Labute approximate surface area is 170 Å². The average Bonchev–Trinajstić information content (AvgIpc) is 2.69. The number of halogens is 4. The first-order valence-electron chi connectivity index (χ1n) is 10.3. The van der Waals surface area contributed by atoms with E-state index in [9.17, 15) is 17.6 Å². The van der Waals surface area contributed by atoms with E-state index in [2.05, 4.69) is 25.6 Å². The lowest BCUT2D eigenvalue weighted by Crippen LogP contribution is -2.46. The van der Waals surface area contributed by atoms with Crippen LogP contribution < -0.4 is 0 Å². The van der Waals surface area contributed by atoms with E-state index in [-0.39, 0.29) is 19.4 Å². The summed E-state index contributed by atoms with van der Waals surface area (Å²) in [5.41, 5.74) is 1.58. The predicted octanol–water partition coefficient (Wildman–Crippen LogP) is 7.21. The van der Waals surface area contributed by atoms with Crippen LogP contribution in [0, 0.1) is 5.92 Å². The largest absolute Gasteiger partial charge is 0.487 e. The molecule has 0 atom stereocenters. The van der Waals surface area contributed by atoms with Crippen molar-refractivity contribution >= 4 is 0 Å². The van der Waals surface area contributed by atoms with Crippen molar-refractivity contribution in [3.8, 4) is 0 Å². The minimum absolute atomic E-state index is 0.131. The lowest BCUT2D eigenvalue weighted by Gasteiger charge is -2.32. The first kappa shape index (κ1) is 21.7. The Balaban J connectivity index is 1.65. The van der Waals surface area contributed by atoms with Crippen molar-refractivity contribution in [2.24, 2.45) is 5.92 Å². The quantitative estimate of drug-likeness (QED) is 0.342. The van der Waals surface area contributed by atoms with Gasteiger partial charge in [-0.2, -0.15) is 17.6 Å². The molecule has 0 saturated heterocycles. The summed E-state index contributed by atoms with van der Waals surface area (Å²) >= 11 is 0. The Morgan fingerprint density at radius 2 is 1.62 bits per heavy atom. The van der Waals surface area contributed by atoms with Gasteiger partial charge in [-0.3, -0.25) is 0 Å². The molecule has 1 fully saturated rings. The standard InChI is InChI=1S/C24H28F4O/c1-3-16-29-22-15-14-21(23(25,26)24(22,27)28)13-8-18-6-11-20(12-7-18)19-9-4-17(2)5-10-19/h3,6-7,11-12,14-15,17,19H,1,4-5,8-10,13,16H2,2H3. The number of ether oxygens (including phenoxy) is 1. The van der Waals surface area contributed by atoms with Crippen LogP contribution in [-0.4, -0.2) is 18.5 Å². The lowest BCUT2D eigenvalue weighted by atomic mass is 9.79. The molecule has 1 aromatic carbocycles. The van der Waals surface area contributed by atoms with Gasteiger partial charge in [-0.05, 0) is 54.7 Å². The van der Waals surface area contributed by atoms with E-state index in [4.69, 9.17) is 4.74 Å². The molecule has 0 aromatic heterocycles. The normalized spacial score (nSPS) is 25.7. The van der Waals surface area contributed by atoms with Crippen LogP contribution in [-0.2, 0) is 11.2 Å². The van der Waals surface area contributed by atoms with Crippen LogP contribution in [0.3, 0.4) is 0 Å². The van der Waals surface area contributed by atoms with Gasteiger partial charge in [0.2, 0.25) is 0 Å². The van der Waals surface area contributed by atoms with Crippen molar-refractivity contribution in [1.29, 1.82) is 0 Å². The van der Waals surface area contributed by atoms with Gasteiger partial charge in [0.15, 0.2) is 5.76 Å². The highest BCUT2D eigenvalue weighted by molar-refractivity contribution is 5.36. The van der Waals surface area contributed by atoms with Crippen molar-refractivity contribution < 1.29 is 22.3 Å². The number of hydrogen-bond donors (Lipinski definition) is 0. The van der Waals surface area contributed by atoms with Crippen LogP contribution in [0.25, 0.3) is 0 Å². The molecule has 0 amide bonds. The lowest BCUT2D eigenvalue weighted by molar-refractivity contribution is -0.185. The zero-order valence-corrected chi connectivity index (χ0v) is 16.8. The van der Waals surface area contributed by atoms with Crippen LogP contribution in [0.5, 0.6) is 0 Å². The zero-order valence-electron chi connectivity index (χ0n) is 16.8. The molecule has 0 radical (unpaired) electrons. The van der Waals surface area contributed by atoms with Crippen molar-refractivity contribution in [3.63, 3.8) is 0 Å². The molecule has 1 aromatic rings. The molecular formula is C24H28F4O. The van der Waals surface area contributed by atoms with E-state index in [1.807, 2.05) is 12.1 Å². The van der Waals surface area contributed by atoms with Crippen molar-refractivity contribution in [3.05, 3.63) is 71.5 Å². The summed E-state index contributed by atoms with van der Waals surface area (Å²) in [6.07, 6.45) is 8.23. The van der Waals surface area contributed by atoms with Crippen molar-refractivity contribution in [1.82, 2.24) is 0 Å². The predicted molar refractivity (Wildman–Crippen MR) is 107 cm³/mol. The van der Waals surface area contributed by atoms with Gasteiger partial charge in [0, 0.05) is 5.57 Å². The molecule has 158 valence electrons. The maximum absolute atomic E-state index is 14.4. The molecule has 0 bridgehead atoms. The molecule has 0 unspecified atom stereocenters. The second-order valence-electron chi connectivity index (χ2n) is 8.17. The topological polar surface area (TPSA) is 9.23 Å². The van der Waals surface area contributed by atoms with Crippen molar-refractivity contribution in [2.75, 3.05) is 6.61 Å². The van der Waals surface area contributed by atoms with Gasteiger partial charge in [-0.15, -0.1) is 0 Å². The SMILES string of the molecule is C=CCOC1=CC=C(CCc2ccc(C3CCC(C)CC3)cc2)C(F)(F)C1(F)F. The van der Waals surface area contributed by atoms with Crippen LogP contribution in [0.2, 0.25) is 0 Å². The van der Waals surface area contributed by atoms with Gasteiger partial charge in [0.1, 0.15) is 6.61 Å². The Morgan fingerprint density at radius 1 is 0.966 bits per heavy atom. The molecule has 0 N–H and O–H groups in total. The van der Waals surface area contributed by atoms with E-state index >= 15 is 0 Å². The fourth-order valence-corrected chi connectivity index (χ4v) is 4.10. The number of benzene rings is 1. The molecular weight excluding hydrogens is 380 g/mol. The van der Waals surface area contributed by atoms with E-state index in [1.54, 1.807) is 0 Å². The summed E-state index contributed by atoms with van der Waals surface area (Å²) in [5, 5.41) is 0. The molecule has 1 saturated carbocycles. The average molecular weight is 408 g/mol. The van der Waals surface area contributed by atoms with Crippen LogP contribution in [0.4, 0.5) is 17.6 Å². The van der Waals surface area contributed by atoms with Gasteiger partial charge >= 0.3 is 11.8 Å². The number of alkyl halides is 4.